The highest BCUT2D eigenvalue weighted by atomic mass is 35.5. The van der Waals surface area contributed by atoms with Crippen molar-refractivity contribution < 1.29 is 4.79 Å². The van der Waals surface area contributed by atoms with Gasteiger partial charge in [-0.25, -0.2) is 0 Å². The summed E-state index contributed by atoms with van der Waals surface area (Å²) >= 11 is 16.5. The molecule has 5 nitrogen and oxygen atoms in total. The largest absolute Gasteiger partial charge is 0.331 e. The fourth-order valence-corrected chi connectivity index (χ4v) is 2.47. The fourth-order valence-electron chi connectivity index (χ4n) is 1.96. The van der Waals surface area contributed by atoms with Gasteiger partial charge >= 0.3 is 0 Å². The number of nitrogens with one attached hydrogen (secondary N) is 4. The Morgan fingerprint density at radius 2 is 1.56 bits per heavy atom. The minimum atomic E-state index is 0.0154. The molecule has 0 heterocycles. The van der Waals surface area contributed by atoms with Crippen molar-refractivity contribution >= 4 is 63.4 Å². The number of hydrogen-bond acceptors (Lipinski definition) is 3. The number of ketones is 1. The van der Waals surface area contributed by atoms with Crippen LogP contribution in [0.4, 0.5) is 11.4 Å². The van der Waals surface area contributed by atoms with Gasteiger partial charge in [-0.15, -0.1) is 0 Å². The Morgan fingerprint density at radius 3 is 2.16 bits per heavy atom. The van der Waals surface area contributed by atoms with E-state index in [9.17, 15) is 4.79 Å². The molecule has 2 aromatic carbocycles. The molecule has 8 heteroatoms. The van der Waals surface area contributed by atoms with Crippen molar-refractivity contribution in [3.63, 3.8) is 0 Å². The van der Waals surface area contributed by atoms with Gasteiger partial charge in [0.2, 0.25) is 0 Å². The highest BCUT2D eigenvalue weighted by Gasteiger charge is 2.05. The summed E-state index contributed by atoms with van der Waals surface area (Å²) < 4.78 is 0. The van der Waals surface area contributed by atoms with Gasteiger partial charge in [0.05, 0.1) is 0 Å². The number of anilines is 2. The molecular weight excluding hydrogens is 376 g/mol. The lowest BCUT2D eigenvalue weighted by Gasteiger charge is -2.15. The maximum Gasteiger partial charge on any atom is 0.189 e. The second-order valence-corrected chi connectivity index (χ2v) is 6.43. The molecule has 0 aliphatic carbocycles. The molecule has 0 spiro atoms. The van der Waals surface area contributed by atoms with Gasteiger partial charge in [0, 0.05) is 22.0 Å². The summed E-state index contributed by atoms with van der Waals surface area (Å²) in [4.78, 5) is 11.3. The van der Waals surface area contributed by atoms with Gasteiger partial charge in [-0.2, -0.15) is 0 Å². The first-order chi connectivity index (χ1) is 11.9. The number of carbonyl (C=O) groups is 1. The Balaban J connectivity index is 1.84. The van der Waals surface area contributed by atoms with Crippen LogP contribution in [0, 0.1) is 6.92 Å². The number of halogens is 1. The van der Waals surface area contributed by atoms with E-state index >= 15 is 0 Å². The molecule has 0 fully saturated rings. The lowest BCUT2D eigenvalue weighted by molar-refractivity contribution is 0.101. The van der Waals surface area contributed by atoms with Gasteiger partial charge in [-0.3, -0.25) is 15.6 Å². The van der Waals surface area contributed by atoms with Gasteiger partial charge in [0.15, 0.2) is 16.0 Å². The zero-order chi connectivity index (χ0) is 18.4. The number of benzene rings is 2. The molecule has 0 bridgehead atoms. The summed E-state index contributed by atoms with van der Waals surface area (Å²) in [5.41, 5.74) is 8.70. The highest BCUT2D eigenvalue weighted by Crippen LogP contribution is 2.22. The summed E-state index contributed by atoms with van der Waals surface area (Å²) in [6.45, 7) is 3.42. The van der Waals surface area contributed by atoms with Crippen LogP contribution in [-0.4, -0.2) is 16.0 Å². The van der Waals surface area contributed by atoms with E-state index in [1.165, 1.54) is 6.92 Å². The molecule has 0 unspecified atom stereocenters. The Morgan fingerprint density at radius 1 is 0.960 bits per heavy atom. The van der Waals surface area contributed by atoms with E-state index in [0.29, 0.717) is 20.8 Å². The van der Waals surface area contributed by atoms with E-state index in [1.807, 2.05) is 25.1 Å². The first kappa shape index (κ1) is 19.1. The third-order valence-corrected chi connectivity index (χ3v) is 4.17. The number of Topliss-reactive ketones (excluding diaryl/α,β-unsaturated/α-hetero) is 1. The average molecular weight is 393 g/mol. The van der Waals surface area contributed by atoms with E-state index in [4.69, 9.17) is 36.0 Å². The predicted molar refractivity (Wildman–Crippen MR) is 111 cm³/mol. The van der Waals surface area contributed by atoms with Crippen LogP contribution in [0.3, 0.4) is 0 Å². The fraction of sp³-hybridized carbons (Fsp3) is 0.118. The third kappa shape index (κ3) is 5.67. The molecule has 130 valence electrons. The number of carbonyl (C=O) groups excluding carboxylic acids is 1. The summed E-state index contributed by atoms with van der Waals surface area (Å²) in [6, 6.07) is 12.5. The quantitative estimate of drug-likeness (QED) is 0.357. The van der Waals surface area contributed by atoms with Crippen LogP contribution in [0.1, 0.15) is 22.8 Å². The molecule has 0 aliphatic rings. The second-order valence-electron chi connectivity index (χ2n) is 5.20. The normalized spacial score (nSPS) is 9.88. The van der Waals surface area contributed by atoms with Gasteiger partial charge in [-0.05, 0) is 80.2 Å². The van der Waals surface area contributed by atoms with Crippen molar-refractivity contribution in [2.75, 3.05) is 10.6 Å². The molecule has 0 aliphatic heterocycles. The zero-order valence-corrected chi connectivity index (χ0v) is 16.0. The summed E-state index contributed by atoms with van der Waals surface area (Å²) in [7, 11) is 0. The smallest absolute Gasteiger partial charge is 0.189 e. The monoisotopic (exact) mass is 392 g/mol. The molecule has 0 radical (unpaired) electrons. The Hall–Kier alpha value is -2.22. The van der Waals surface area contributed by atoms with Crippen LogP contribution in [0.5, 0.6) is 0 Å². The molecule has 0 amide bonds. The Labute approximate surface area is 162 Å². The maximum atomic E-state index is 11.3. The van der Waals surface area contributed by atoms with E-state index in [2.05, 4.69) is 21.5 Å². The van der Waals surface area contributed by atoms with Crippen LogP contribution in [-0.2, 0) is 0 Å². The third-order valence-electron chi connectivity index (χ3n) is 3.35. The van der Waals surface area contributed by atoms with Crippen molar-refractivity contribution in [2.24, 2.45) is 0 Å². The van der Waals surface area contributed by atoms with Gasteiger partial charge in [0.1, 0.15) is 0 Å². The number of hydrazine groups is 1. The van der Waals surface area contributed by atoms with Crippen LogP contribution >= 0.6 is 36.0 Å². The average Bonchev–Trinajstić information content (AvgIpc) is 2.58. The Bertz CT molecular complexity index is 809. The lowest BCUT2D eigenvalue weighted by Crippen LogP contribution is -2.45. The standard InChI is InChI=1S/C17H17ClN4OS2/c1-10-14(18)4-3-5-15(10)20-17(25)22-21-16(24)19-13-8-6-12(7-9-13)11(2)23/h3-9H,1-2H3,(H2,19,21,24)(H2,20,22,25). The first-order valence-electron chi connectivity index (χ1n) is 7.37. The molecule has 25 heavy (non-hydrogen) atoms. The van der Waals surface area contributed by atoms with Gasteiger partial charge in [-0.1, -0.05) is 17.7 Å². The van der Waals surface area contributed by atoms with Crippen LogP contribution in [0.15, 0.2) is 42.5 Å². The molecule has 4 N–H and O–H groups in total. The van der Waals surface area contributed by atoms with E-state index in [-0.39, 0.29) is 5.78 Å². The van der Waals surface area contributed by atoms with Gasteiger partial charge < -0.3 is 10.6 Å². The van der Waals surface area contributed by atoms with E-state index in [0.717, 1.165) is 16.9 Å². The highest BCUT2D eigenvalue weighted by molar-refractivity contribution is 7.81. The van der Waals surface area contributed by atoms with E-state index in [1.54, 1.807) is 24.3 Å². The van der Waals surface area contributed by atoms with Crippen molar-refractivity contribution in [3.05, 3.63) is 58.6 Å². The Kier molecular flexibility index (Phi) is 6.69. The van der Waals surface area contributed by atoms with Crippen LogP contribution < -0.4 is 21.5 Å². The predicted octanol–water partition coefficient (Wildman–Crippen LogP) is 4.04. The summed E-state index contributed by atoms with van der Waals surface area (Å²) in [5, 5.41) is 7.37. The number of thiocarbonyl (C=S) groups is 2. The molecule has 2 rings (SSSR count). The van der Waals surface area contributed by atoms with Crippen LogP contribution in [0.2, 0.25) is 5.02 Å². The molecule has 0 saturated heterocycles. The number of hydrogen-bond donors (Lipinski definition) is 4. The topological polar surface area (TPSA) is 65.2 Å². The lowest BCUT2D eigenvalue weighted by atomic mass is 10.1. The SMILES string of the molecule is CC(=O)c1ccc(NC(=S)NNC(=S)Nc2cccc(Cl)c2C)cc1. The molecule has 0 aromatic heterocycles. The molecule has 0 saturated carbocycles. The molecule has 0 atom stereocenters. The van der Waals surface area contributed by atoms with Crippen molar-refractivity contribution in [3.8, 4) is 0 Å². The molecular formula is C17H17ClN4OS2. The maximum absolute atomic E-state index is 11.3. The molecule has 2 aromatic rings. The van der Waals surface area contributed by atoms with Crippen molar-refractivity contribution in [1.29, 1.82) is 0 Å². The summed E-state index contributed by atoms with van der Waals surface area (Å²) in [6.07, 6.45) is 0. The minimum Gasteiger partial charge on any atom is -0.331 e. The van der Waals surface area contributed by atoms with Crippen molar-refractivity contribution in [1.82, 2.24) is 10.9 Å². The number of rotatable bonds is 3. The van der Waals surface area contributed by atoms with Gasteiger partial charge in [0.25, 0.3) is 0 Å². The van der Waals surface area contributed by atoms with E-state index < -0.39 is 0 Å². The second kappa shape index (κ2) is 8.75. The minimum absolute atomic E-state index is 0.0154. The van der Waals surface area contributed by atoms with Crippen LogP contribution in [0.25, 0.3) is 0 Å². The van der Waals surface area contributed by atoms with Crippen molar-refractivity contribution in [2.45, 2.75) is 13.8 Å². The summed E-state index contributed by atoms with van der Waals surface area (Å²) in [5.74, 6) is 0.0154. The zero-order valence-electron chi connectivity index (χ0n) is 13.6. The first-order valence-corrected chi connectivity index (χ1v) is 8.56.